The predicted molar refractivity (Wildman–Crippen MR) is 62.9 cm³/mol. The summed E-state index contributed by atoms with van der Waals surface area (Å²) in [6.45, 7) is 0.339. The van der Waals surface area contributed by atoms with Crippen LogP contribution in [0, 0.1) is 0 Å². The van der Waals surface area contributed by atoms with Crippen LogP contribution in [0.3, 0.4) is 0 Å². The number of hydrogen-bond donors (Lipinski definition) is 2. The highest BCUT2D eigenvalue weighted by Crippen LogP contribution is 2.31. The quantitative estimate of drug-likeness (QED) is 0.769. The van der Waals surface area contributed by atoms with Crippen molar-refractivity contribution in [3.05, 3.63) is 18.2 Å². The van der Waals surface area contributed by atoms with E-state index >= 15 is 0 Å². The summed E-state index contributed by atoms with van der Waals surface area (Å²) in [4.78, 5) is 21.4. The molecule has 1 heterocycles. The summed E-state index contributed by atoms with van der Waals surface area (Å²) in [5.41, 5.74) is 0.571. The van der Waals surface area contributed by atoms with Gasteiger partial charge in [-0.2, -0.15) is 0 Å². The smallest absolute Gasteiger partial charge is 0.303 e. The molecule has 6 heteroatoms. The molecule has 0 saturated heterocycles. The maximum absolute atomic E-state index is 11.1. The van der Waals surface area contributed by atoms with E-state index < -0.39 is 5.97 Å². The van der Waals surface area contributed by atoms with Gasteiger partial charge in [0.25, 0.3) is 5.91 Å². The number of carboxylic acids is 1. The van der Waals surface area contributed by atoms with Crippen molar-refractivity contribution in [3.8, 4) is 11.5 Å². The maximum Gasteiger partial charge on any atom is 0.303 e. The van der Waals surface area contributed by atoms with Crippen LogP contribution >= 0.6 is 0 Å². The number of amides is 1. The highest BCUT2D eigenvalue weighted by molar-refractivity contribution is 5.95. The number of carboxylic acid groups (broad SMARTS) is 1. The summed E-state index contributed by atoms with van der Waals surface area (Å²) in [6.07, 6.45) is 0.514. The minimum absolute atomic E-state index is 0.0197. The Morgan fingerprint density at radius 3 is 3.11 bits per heavy atom. The van der Waals surface area contributed by atoms with Gasteiger partial charge in [-0.3, -0.25) is 9.59 Å². The molecule has 0 aliphatic carbocycles. The molecule has 1 aliphatic rings. The lowest BCUT2D eigenvalue weighted by atomic mass is 10.2. The second kappa shape index (κ2) is 5.39. The molecule has 1 amide bonds. The first-order valence-electron chi connectivity index (χ1n) is 5.56. The van der Waals surface area contributed by atoms with Gasteiger partial charge >= 0.3 is 5.97 Å². The molecule has 1 aromatic rings. The molecule has 18 heavy (non-hydrogen) atoms. The van der Waals surface area contributed by atoms with E-state index in [1.807, 2.05) is 0 Å². The van der Waals surface area contributed by atoms with Gasteiger partial charge in [-0.15, -0.1) is 0 Å². The van der Waals surface area contributed by atoms with Crippen LogP contribution in [-0.2, 0) is 9.59 Å². The number of carbonyl (C=O) groups excluding carboxylic acids is 1. The highest BCUT2D eigenvalue weighted by atomic mass is 16.5. The number of aliphatic carboxylic acids is 1. The van der Waals surface area contributed by atoms with E-state index in [0.717, 1.165) is 0 Å². The van der Waals surface area contributed by atoms with Gasteiger partial charge in [0, 0.05) is 12.5 Å². The molecule has 0 spiro atoms. The van der Waals surface area contributed by atoms with Crippen molar-refractivity contribution >= 4 is 17.6 Å². The average Bonchev–Trinajstić information content (AvgIpc) is 2.34. The maximum atomic E-state index is 11.1. The Morgan fingerprint density at radius 2 is 2.33 bits per heavy atom. The van der Waals surface area contributed by atoms with Crippen LogP contribution in [0.25, 0.3) is 0 Å². The fraction of sp³-hybridized carbons (Fsp3) is 0.333. The largest absolute Gasteiger partial charge is 0.493 e. The number of benzene rings is 1. The van der Waals surface area contributed by atoms with Crippen molar-refractivity contribution in [1.29, 1.82) is 0 Å². The fourth-order valence-electron chi connectivity index (χ4n) is 1.57. The number of nitrogens with one attached hydrogen (secondary N) is 1. The average molecular weight is 251 g/mol. The molecule has 0 radical (unpaired) electrons. The predicted octanol–water partition coefficient (Wildman–Crippen LogP) is 1.26. The van der Waals surface area contributed by atoms with Gasteiger partial charge in [-0.05, 0) is 18.6 Å². The molecule has 0 atom stereocenters. The van der Waals surface area contributed by atoms with Crippen LogP contribution in [0.2, 0.25) is 0 Å². The Bertz CT molecular complexity index is 472. The second-order valence-corrected chi connectivity index (χ2v) is 3.84. The first-order valence-corrected chi connectivity index (χ1v) is 5.56. The van der Waals surface area contributed by atoms with E-state index in [1.54, 1.807) is 18.2 Å². The SMILES string of the molecule is O=C(O)CCCOc1ccc2c(c1)NC(=O)CO2. The number of ether oxygens (including phenoxy) is 2. The number of hydrogen-bond acceptors (Lipinski definition) is 4. The summed E-state index contributed by atoms with van der Waals surface area (Å²) in [5.74, 6) is 0.132. The molecule has 0 aromatic heterocycles. The van der Waals surface area contributed by atoms with Crippen LogP contribution in [0.5, 0.6) is 11.5 Å². The molecule has 6 nitrogen and oxygen atoms in total. The van der Waals surface area contributed by atoms with E-state index in [2.05, 4.69) is 5.32 Å². The minimum atomic E-state index is -0.843. The van der Waals surface area contributed by atoms with Gasteiger partial charge in [0.1, 0.15) is 11.5 Å². The monoisotopic (exact) mass is 251 g/mol. The zero-order chi connectivity index (χ0) is 13.0. The zero-order valence-corrected chi connectivity index (χ0v) is 9.64. The molecular weight excluding hydrogens is 238 g/mol. The minimum Gasteiger partial charge on any atom is -0.493 e. The molecule has 0 unspecified atom stereocenters. The summed E-state index contributed by atoms with van der Waals surface area (Å²) < 4.78 is 10.6. The Balaban J connectivity index is 1.92. The topological polar surface area (TPSA) is 84.9 Å². The Hall–Kier alpha value is -2.24. The van der Waals surface area contributed by atoms with Gasteiger partial charge in [0.15, 0.2) is 6.61 Å². The van der Waals surface area contributed by atoms with E-state index in [9.17, 15) is 9.59 Å². The van der Waals surface area contributed by atoms with E-state index in [4.69, 9.17) is 14.6 Å². The van der Waals surface area contributed by atoms with Gasteiger partial charge in [0.05, 0.1) is 12.3 Å². The van der Waals surface area contributed by atoms with E-state index in [1.165, 1.54) is 0 Å². The van der Waals surface area contributed by atoms with Gasteiger partial charge in [-0.1, -0.05) is 0 Å². The van der Waals surface area contributed by atoms with Crippen molar-refractivity contribution in [2.75, 3.05) is 18.5 Å². The lowest BCUT2D eigenvalue weighted by Crippen LogP contribution is -2.25. The fourth-order valence-corrected chi connectivity index (χ4v) is 1.57. The van der Waals surface area contributed by atoms with Crippen LogP contribution in [0.4, 0.5) is 5.69 Å². The third-order valence-electron chi connectivity index (χ3n) is 2.39. The Kier molecular flexibility index (Phi) is 3.66. The second-order valence-electron chi connectivity index (χ2n) is 3.84. The normalized spacial score (nSPS) is 13.2. The van der Waals surface area contributed by atoms with Crippen molar-refractivity contribution in [3.63, 3.8) is 0 Å². The van der Waals surface area contributed by atoms with Crippen LogP contribution in [0.1, 0.15) is 12.8 Å². The Morgan fingerprint density at radius 1 is 1.50 bits per heavy atom. The van der Waals surface area contributed by atoms with Crippen LogP contribution in [-0.4, -0.2) is 30.2 Å². The highest BCUT2D eigenvalue weighted by Gasteiger charge is 2.16. The Labute approximate surface area is 104 Å². The molecule has 96 valence electrons. The van der Waals surface area contributed by atoms with Crippen LogP contribution < -0.4 is 14.8 Å². The van der Waals surface area contributed by atoms with Gasteiger partial charge < -0.3 is 19.9 Å². The number of fused-ring (bicyclic) bond motifs is 1. The van der Waals surface area contributed by atoms with Crippen LogP contribution in [0.15, 0.2) is 18.2 Å². The molecule has 0 fully saturated rings. The molecule has 1 aliphatic heterocycles. The first kappa shape index (κ1) is 12.2. The zero-order valence-electron chi connectivity index (χ0n) is 9.64. The van der Waals surface area contributed by atoms with Gasteiger partial charge in [0.2, 0.25) is 0 Å². The summed E-state index contributed by atoms with van der Waals surface area (Å²) in [5, 5.41) is 11.1. The van der Waals surface area contributed by atoms with Crippen molar-refractivity contribution in [2.24, 2.45) is 0 Å². The number of anilines is 1. The van der Waals surface area contributed by atoms with Crippen molar-refractivity contribution < 1.29 is 24.2 Å². The lowest BCUT2D eigenvalue weighted by Gasteiger charge is -2.18. The third-order valence-corrected chi connectivity index (χ3v) is 2.39. The van der Waals surface area contributed by atoms with Crippen molar-refractivity contribution in [1.82, 2.24) is 0 Å². The molecular formula is C12H13NO5. The van der Waals surface area contributed by atoms with Crippen molar-refractivity contribution in [2.45, 2.75) is 12.8 Å². The van der Waals surface area contributed by atoms with E-state index in [-0.39, 0.29) is 18.9 Å². The number of rotatable bonds is 5. The molecule has 2 N–H and O–H groups in total. The van der Waals surface area contributed by atoms with Gasteiger partial charge in [-0.25, -0.2) is 0 Å². The summed E-state index contributed by atoms with van der Waals surface area (Å²) >= 11 is 0. The number of carbonyl (C=O) groups is 2. The molecule has 2 rings (SSSR count). The molecule has 1 aromatic carbocycles. The summed E-state index contributed by atoms with van der Waals surface area (Å²) in [7, 11) is 0. The summed E-state index contributed by atoms with van der Waals surface area (Å²) in [6, 6.07) is 5.09. The third kappa shape index (κ3) is 3.13. The molecule has 0 bridgehead atoms. The molecule has 0 saturated carbocycles. The standard InChI is InChI=1S/C12H13NO5/c14-11-7-18-10-4-3-8(6-9(10)13-11)17-5-1-2-12(15)16/h3-4,6H,1-2,5,7H2,(H,13,14)(H,15,16). The lowest BCUT2D eigenvalue weighted by molar-refractivity contribution is -0.137. The van der Waals surface area contributed by atoms with E-state index in [0.29, 0.717) is 30.2 Å². The first-order chi connectivity index (χ1) is 8.65.